The van der Waals surface area contributed by atoms with Gasteiger partial charge in [0.05, 0.1) is 11.0 Å². The lowest BCUT2D eigenvalue weighted by Crippen LogP contribution is -2.61. The fraction of sp³-hybridized carbons (Fsp3) is 0.333. The molecular formula is C15H18N4O2S2. The van der Waals surface area contributed by atoms with Crippen LogP contribution in [-0.4, -0.2) is 26.9 Å². The lowest BCUT2D eigenvalue weighted by Gasteiger charge is -2.34. The van der Waals surface area contributed by atoms with E-state index in [1.165, 1.54) is 6.92 Å². The van der Waals surface area contributed by atoms with Gasteiger partial charge in [0.2, 0.25) is 11.0 Å². The summed E-state index contributed by atoms with van der Waals surface area (Å²) in [6.45, 7) is 3.58. The molecule has 0 aliphatic carbocycles. The number of carbonyl (C=O) groups is 1. The number of phenolic OH excluding ortho intramolecular Hbond substituents is 1. The standard InChI is InChI=1S/C15H18N4O2S2/c1-10(20)17-15(18-11-3-5-12(21)6-4-11)19-14(2,8-23-15)13-7-16-9-22-13/h3-7,9,18-19,21H,8H2,1-2H3,(H,17,20). The first-order chi connectivity index (χ1) is 10.9. The number of hydrogen-bond acceptors (Lipinski definition) is 7. The molecule has 1 aromatic carbocycles. The molecule has 1 aliphatic heterocycles. The van der Waals surface area contributed by atoms with Gasteiger partial charge in [-0.3, -0.25) is 15.1 Å². The Morgan fingerprint density at radius 1 is 1.39 bits per heavy atom. The van der Waals surface area contributed by atoms with Gasteiger partial charge in [-0.15, -0.1) is 11.3 Å². The number of aromatic nitrogens is 1. The molecule has 4 N–H and O–H groups in total. The number of benzene rings is 1. The molecule has 6 nitrogen and oxygen atoms in total. The molecule has 3 rings (SSSR count). The number of nitrogens with one attached hydrogen (secondary N) is 3. The van der Waals surface area contributed by atoms with Crippen molar-refractivity contribution in [3.8, 4) is 5.75 Å². The summed E-state index contributed by atoms with van der Waals surface area (Å²) in [5.74, 6) is 0.844. The number of thioether (sulfide) groups is 1. The molecule has 1 amide bonds. The van der Waals surface area contributed by atoms with E-state index in [1.807, 2.05) is 6.20 Å². The molecule has 1 fully saturated rings. The Bertz CT molecular complexity index is 692. The second kappa shape index (κ2) is 6.03. The molecule has 2 aromatic rings. The minimum absolute atomic E-state index is 0.134. The van der Waals surface area contributed by atoms with Crippen molar-refractivity contribution in [2.24, 2.45) is 0 Å². The third kappa shape index (κ3) is 3.44. The number of amides is 1. The fourth-order valence-electron chi connectivity index (χ4n) is 2.50. The molecule has 8 heteroatoms. The number of carbonyl (C=O) groups excluding carboxylic acids is 1. The third-order valence-corrected chi connectivity index (χ3v) is 6.04. The van der Waals surface area contributed by atoms with Gasteiger partial charge in [0.15, 0.2) is 0 Å². The van der Waals surface area contributed by atoms with Gasteiger partial charge in [0, 0.05) is 29.4 Å². The number of phenols is 1. The number of thiazole rings is 1. The van der Waals surface area contributed by atoms with Crippen molar-refractivity contribution in [3.05, 3.63) is 40.8 Å². The van der Waals surface area contributed by atoms with Crippen LogP contribution >= 0.6 is 23.1 Å². The SMILES string of the molecule is CC(=O)NC1(Nc2ccc(O)cc2)NC(C)(c2cncs2)CS1. The van der Waals surface area contributed by atoms with E-state index in [2.05, 4.69) is 27.9 Å². The molecule has 1 aromatic heterocycles. The molecule has 2 unspecified atom stereocenters. The number of nitrogens with zero attached hydrogens (tertiary/aromatic N) is 1. The first-order valence-corrected chi connectivity index (χ1v) is 8.96. The van der Waals surface area contributed by atoms with Gasteiger partial charge >= 0.3 is 0 Å². The Kier molecular flexibility index (Phi) is 4.22. The van der Waals surface area contributed by atoms with E-state index in [9.17, 15) is 9.90 Å². The third-order valence-electron chi connectivity index (χ3n) is 3.55. The minimum Gasteiger partial charge on any atom is -0.508 e. The molecule has 0 radical (unpaired) electrons. The normalized spacial score (nSPS) is 26.9. The molecular weight excluding hydrogens is 332 g/mol. The molecule has 0 spiro atoms. The quantitative estimate of drug-likeness (QED) is 0.500. The first kappa shape index (κ1) is 16.1. The maximum atomic E-state index is 11.7. The number of aromatic hydroxyl groups is 1. The van der Waals surface area contributed by atoms with Gasteiger partial charge in [-0.05, 0) is 31.2 Å². The predicted molar refractivity (Wildman–Crippen MR) is 93.3 cm³/mol. The summed E-state index contributed by atoms with van der Waals surface area (Å²) in [6.07, 6.45) is 1.85. The summed E-state index contributed by atoms with van der Waals surface area (Å²) < 4.78 is 0. The zero-order valence-corrected chi connectivity index (χ0v) is 14.4. The van der Waals surface area contributed by atoms with E-state index < -0.39 is 5.12 Å². The molecule has 0 saturated carbocycles. The largest absolute Gasteiger partial charge is 0.508 e. The summed E-state index contributed by atoms with van der Waals surface area (Å²) in [6, 6.07) is 6.74. The number of rotatable bonds is 4. The maximum absolute atomic E-state index is 11.7. The molecule has 0 bridgehead atoms. The van der Waals surface area contributed by atoms with Crippen LogP contribution in [-0.2, 0) is 10.3 Å². The van der Waals surface area contributed by atoms with E-state index in [-0.39, 0.29) is 17.2 Å². The zero-order chi connectivity index (χ0) is 16.5. The van der Waals surface area contributed by atoms with Crippen LogP contribution in [0.4, 0.5) is 5.69 Å². The van der Waals surface area contributed by atoms with Gasteiger partial charge in [-0.2, -0.15) is 0 Å². The fourth-order valence-corrected chi connectivity index (χ4v) is 4.76. The van der Waals surface area contributed by atoms with Crippen molar-refractivity contribution in [3.63, 3.8) is 0 Å². The highest BCUT2D eigenvalue weighted by Crippen LogP contribution is 2.41. The Balaban J connectivity index is 1.86. The summed E-state index contributed by atoms with van der Waals surface area (Å²) in [5, 5.41) is 18.4. The van der Waals surface area contributed by atoms with Crippen LogP contribution in [0.3, 0.4) is 0 Å². The zero-order valence-electron chi connectivity index (χ0n) is 12.8. The molecule has 122 valence electrons. The van der Waals surface area contributed by atoms with E-state index in [1.54, 1.807) is 52.9 Å². The van der Waals surface area contributed by atoms with Crippen LogP contribution < -0.4 is 16.0 Å². The second-order valence-electron chi connectivity index (χ2n) is 5.65. The van der Waals surface area contributed by atoms with E-state index >= 15 is 0 Å². The van der Waals surface area contributed by atoms with E-state index in [0.717, 1.165) is 16.3 Å². The van der Waals surface area contributed by atoms with Crippen LogP contribution in [0.15, 0.2) is 36.0 Å². The molecule has 1 saturated heterocycles. The van der Waals surface area contributed by atoms with Crippen molar-refractivity contribution < 1.29 is 9.90 Å². The van der Waals surface area contributed by atoms with Crippen LogP contribution in [0.1, 0.15) is 18.7 Å². The summed E-state index contributed by atoms with van der Waals surface area (Å²) in [4.78, 5) is 17.0. The molecule has 1 aliphatic rings. The summed E-state index contributed by atoms with van der Waals surface area (Å²) >= 11 is 3.17. The second-order valence-corrected chi connectivity index (χ2v) is 7.72. The Labute approximate surface area is 142 Å². The van der Waals surface area contributed by atoms with Gasteiger partial charge < -0.3 is 15.7 Å². The maximum Gasteiger partial charge on any atom is 0.220 e. The van der Waals surface area contributed by atoms with Gasteiger partial charge in [0.25, 0.3) is 0 Å². The van der Waals surface area contributed by atoms with E-state index in [4.69, 9.17) is 0 Å². The van der Waals surface area contributed by atoms with Crippen LogP contribution in [0, 0.1) is 0 Å². The van der Waals surface area contributed by atoms with Crippen molar-refractivity contribution >= 4 is 34.7 Å². The average molecular weight is 350 g/mol. The van der Waals surface area contributed by atoms with Crippen LogP contribution in [0.5, 0.6) is 5.75 Å². The van der Waals surface area contributed by atoms with Crippen molar-refractivity contribution in [2.45, 2.75) is 24.5 Å². The summed E-state index contributed by atoms with van der Waals surface area (Å²) in [7, 11) is 0. The Morgan fingerprint density at radius 2 is 2.13 bits per heavy atom. The van der Waals surface area contributed by atoms with Crippen LogP contribution in [0.2, 0.25) is 0 Å². The van der Waals surface area contributed by atoms with Gasteiger partial charge in [-0.25, -0.2) is 0 Å². The highest BCUT2D eigenvalue weighted by molar-refractivity contribution is 8.01. The highest BCUT2D eigenvalue weighted by atomic mass is 32.2. The van der Waals surface area contributed by atoms with Gasteiger partial charge in [0.1, 0.15) is 5.75 Å². The number of hydrogen-bond donors (Lipinski definition) is 4. The average Bonchev–Trinajstić information content (AvgIpc) is 3.11. The van der Waals surface area contributed by atoms with Crippen molar-refractivity contribution in [1.29, 1.82) is 0 Å². The molecule has 23 heavy (non-hydrogen) atoms. The minimum atomic E-state index is -0.818. The van der Waals surface area contributed by atoms with E-state index in [0.29, 0.717) is 0 Å². The topological polar surface area (TPSA) is 86.3 Å². The Morgan fingerprint density at radius 3 is 2.74 bits per heavy atom. The summed E-state index contributed by atoms with van der Waals surface area (Å²) in [5.41, 5.74) is 2.31. The molecule has 2 atom stereocenters. The lowest BCUT2D eigenvalue weighted by molar-refractivity contribution is -0.120. The number of anilines is 1. The van der Waals surface area contributed by atoms with Crippen LogP contribution in [0.25, 0.3) is 0 Å². The highest BCUT2D eigenvalue weighted by Gasteiger charge is 2.48. The monoisotopic (exact) mass is 350 g/mol. The first-order valence-electron chi connectivity index (χ1n) is 7.09. The predicted octanol–water partition coefficient (Wildman–Crippen LogP) is 2.26. The lowest BCUT2D eigenvalue weighted by atomic mass is 10.0. The molecule has 2 heterocycles. The Hall–Kier alpha value is -1.77. The smallest absolute Gasteiger partial charge is 0.220 e. The van der Waals surface area contributed by atoms with Gasteiger partial charge in [-0.1, -0.05) is 11.8 Å². The van der Waals surface area contributed by atoms with Crippen molar-refractivity contribution in [1.82, 2.24) is 15.6 Å². The van der Waals surface area contributed by atoms with Crippen molar-refractivity contribution in [2.75, 3.05) is 11.1 Å².